The van der Waals surface area contributed by atoms with Gasteiger partial charge in [0.2, 0.25) is 5.88 Å². The molecule has 0 atom stereocenters. The molecule has 3 aromatic rings. The van der Waals surface area contributed by atoms with Crippen molar-refractivity contribution in [3.8, 4) is 17.4 Å². The summed E-state index contributed by atoms with van der Waals surface area (Å²) in [5, 5.41) is 2.14. The molecule has 0 radical (unpaired) electrons. The molecule has 0 N–H and O–H groups in total. The molecule has 0 saturated carbocycles. The lowest BCUT2D eigenvalue weighted by Gasteiger charge is -2.11. The highest BCUT2D eigenvalue weighted by atomic mass is 16.5. The fraction of sp³-hybridized carbons (Fsp3) is 0.118. The molecular weight excluding hydrogens is 250 g/mol. The molecule has 1 heterocycles. The summed E-state index contributed by atoms with van der Waals surface area (Å²) >= 11 is 0. The van der Waals surface area contributed by atoms with Crippen LogP contribution in [-0.4, -0.2) is 12.1 Å². The summed E-state index contributed by atoms with van der Waals surface area (Å²) in [4.78, 5) is 4.40. The molecule has 0 aliphatic rings. The maximum atomic E-state index is 5.93. The number of nitrogens with zero attached hydrogens (tertiary/aromatic N) is 1. The summed E-state index contributed by atoms with van der Waals surface area (Å²) < 4.78 is 11.2. The maximum Gasteiger partial charge on any atom is 0.227 e. The van der Waals surface area contributed by atoms with Crippen LogP contribution < -0.4 is 9.47 Å². The normalized spacial score (nSPS) is 10.5. The average Bonchev–Trinajstić information content (AvgIpc) is 2.51. The predicted molar refractivity (Wildman–Crippen MR) is 79.5 cm³/mol. The van der Waals surface area contributed by atoms with Crippen LogP contribution in [0.25, 0.3) is 10.8 Å². The standard InChI is InChI=1S/C17H15NO2/c1-12-11-18-17(14-8-4-3-7-13(12)14)20-16-10-6-5-9-15(16)19-2/h3-11H,1-2H3. The van der Waals surface area contributed by atoms with Gasteiger partial charge >= 0.3 is 0 Å². The summed E-state index contributed by atoms with van der Waals surface area (Å²) in [5.41, 5.74) is 1.13. The highest BCUT2D eigenvalue weighted by molar-refractivity contribution is 5.89. The minimum atomic E-state index is 0.593. The number of hydrogen-bond acceptors (Lipinski definition) is 3. The van der Waals surface area contributed by atoms with Crippen LogP contribution in [0.2, 0.25) is 0 Å². The number of aromatic nitrogens is 1. The molecule has 100 valence electrons. The van der Waals surface area contributed by atoms with Crippen LogP contribution in [0, 0.1) is 6.92 Å². The maximum absolute atomic E-state index is 5.93. The molecule has 1 aromatic heterocycles. The molecule has 0 aliphatic carbocycles. The van der Waals surface area contributed by atoms with Crippen LogP contribution in [-0.2, 0) is 0 Å². The number of ether oxygens (including phenoxy) is 2. The van der Waals surface area contributed by atoms with E-state index in [1.807, 2.05) is 55.6 Å². The Balaban J connectivity index is 2.09. The fourth-order valence-corrected chi connectivity index (χ4v) is 2.20. The van der Waals surface area contributed by atoms with Gasteiger partial charge in [-0.25, -0.2) is 4.98 Å². The lowest BCUT2D eigenvalue weighted by atomic mass is 10.1. The molecule has 0 saturated heterocycles. The Morgan fingerprint density at radius 1 is 0.850 bits per heavy atom. The molecule has 20 heavy (non-hydrogen) atoms. The van der Waals surface area contributed by atoms with E-state index in [1.54, 1.807) is 7.11 Å². The van der Waals surface area contributed by atoms with Crippen molar-refractivity contribution in [2.45, 2.75) is 6.92 Å². The topological polar surface area (TPSA) is 31.4 Å². The van der Waals surface area contributed by atoms with Gasteiger partial charge in [-0.3, -0.25) is 0 Å². The van der Waals surface area contributed by atoms with Gasteiger partial charge in [0.1, 0.15) is 0 Å². The summed E-state index contributed by atoms with van der Waals surface area (Å²) in [6.07, 6.45) is 1.83. The number of methoxy groups -OCH3 is 1. The van der Waals surface area contributed by atoms with Gasteiger partial charge in [0.25, 0.3) is 0 Å². The average molecular weight is 265 g/mol. The second kappa shape index (κ2) is 5.21. The van der Waals surface area contributed by atoms with Crippen molar-refractivity contribution in [1.29, 1.82) is 0 Å². The largest absolute Gasteiger partial charge is 0.493 e. The van der Waals surface area contributed by atoms with Crippen LogP contribution in [0.1, 0.15) is 5.56 Å². The van der Waals surface area contributed by atoms with E-state index in [9.17, 15) is 0 Å². The van der Waals surface area contributed by atoms with Gasteiger partial charge in [0.15, 0.2) is 11.5 Å². The molecule has 0 amide bonds. The predicted octanol–water partition coefficient (Wildman–Crippen LogP) is 4.34. The second-order valence-electron chi connectivity index (χ2n) is 4.54. The van der Waals surface area contributed by atoms with Crippen molar-refractivity contribution in [1.82, 2.24) is 4.98 Å². The first-order chi connectivity index (χ1) is 9.79. The molecule has 3 heteroatoms. The van der Waals surface area contributed by atoms with Crippen LogP contribution in [0.3, 0.4) is 0 Å². The molecule has 0 aliphatic heterocycles. The van der Waals surface area contributed by atoms with Crippen LogP contribution in [0.5, 0.6) is 17.4 Å². The Hall–Kier alpha value is -2.55. The highest BCUT2D eigenvalue weighted by Gasteiger charge is 2.09. The first-order valence-corrected chi connectivity index (χ1v) is 6.45. The Bertz CT molecular complexity index is 753. The minimum absolute atomic E-state index is 0.593. The van der Waals surface area contributed by atoms with Crippen LogP contribution >= 0.6 is 0 Å². The summed E-state index contributed by atoms with van der Waals surface area (Å²) in [7, 11) is 1.63. The van der Waals surface area contributed by atoms with Gasteiger partial charge in [-0.2, -0.15) is 0 Å². The number of para-hydroxylation sites is 2. The number of benzene rings is 2. The van der Waals surface area contributed by atoms with Gasteiger partial charge in [-0.15, -0.1) is 0 Å². The number of aryl methyl sites for hydroxylation is 1. The minimum Gasteiger partial charge on any atom is -0.493 e. The zero-order valence-corrected chi connectivity index (χ0v) is 11.5. The van der Waals surface area contributed by atoms with E-state index in [2.05, 4.69) is 11.1 Å². The van der Waals surface area contributed by atoms with Crippen molar-refractivity contribution in [3.63, 3.8) is 0 Å². The number of rotatable bonds is 3. The molecule has 3 rings (SSSR count). The Kier molecular flexibility index (Phi) is 3.25. The van der Waals surface area contributed by atoms with E-state index in [0.29, 0.717) is 17.4 Å². The van der Waals surface area contributed by atoms with E-state index >= 15 is 0 Å². The Morgan fingerprint density at radius 3 is 2.25 bits per heavy atom. The highest BCUT2D eigenvalue weighted by Crippen LogP contribution is 2.34. The summed E-state index contributed by atoms with van der Waals surface area (Å²) in [6.45, 7) is 2.04. The lowest BCUT2D eigenvalue weighted by Crippen LogP contribution is -1.93. The molecule has 0 bridgehead atoms. The third-order valence-electron chi connectivity index (χ3n) is 3.23. The van der Waals surface area contributed by atoms with Gasteiger partial charge in [0.05, 0.1) is 7.11 Å². The molecule has 0 fully saturated rings. The van der Waals surface area contributed by atoms with Crippen molar-refractivity contribution < 1.29 is 9.47 Å². The summed E-state index contributed by atoms with van der Waals surface area (Å²) in [6, 6.07) is 15.6. The van der Waals surface area contributed by atoms with E-state index in [1.165, 1.54) is 0 Å². The fourth-order valence-electron chi connectivity index (χ4n) is 2.20. The Morgan fingerprint density at radius 2 is 1.50 bits per heavy atom. The first kappa shape index (κ1) is 12.5. The third kappa shape index (κ3) is 2.18. The van der Waals surface area contributed by atoms with Crippen molar-refractivity contribution >= 4 is 10.8 Å². The zero-order chi connectivity index (χ0) is 13.9. The van der Waals surface area contributed by atoms with Crippen molar-refractivity contribution in [2.75, 3.05) is 7.11 Å². The third-order valence-corrected chi connectivity index (χ3v) is 3.23. The number of pyridine rings is 1. The van der Waals surface area contributed by atoms with Gasteiger partial charge < -0.3 is 9.47 Å². The van der Waals surface area contributed by atoms with E-state index in [4.69, 9.17) is 9.47 Å². The molecule has 0 spiro atoms. The second-order valence-corrected chi connectivity index (χ2v) is 4.54. The van der Waals surface area contributed by atoms with E-state index in [0.717, 1.165) is 16.3 Å². The number of hydrogen-bond donors (Lipinski definition) is 0. The SMILES string of the molecule is COc1ccccc1Oc1ncc(C)c2ccccc12. The van der Waals surface area contributed by atoms with Crippen LogP contribution in [0.4, 0.5) is 0 Å². The molecule has 2 aromatic carbocycles. The van der Waals surface area contributed by atoms with E-state index < -0.39 is 0 Å². The van der Waals surface area contributed by atoms with Crippen LogP contribution in [0.15, 0.2) is 54.7 Å². The monoisotopic (exact) mass is 265 g/mol. The van der Waals surface area contributed by atoms with Gasteiger partial charge in [-0.05, 0) is 36.1 Å². The molecule has 3 nitrogen and oxygen atoms in total. The van der Waals surface area contributed by atoms with Crippen molar-refractivity contribution in [3.05, 3.63) is 60.3 Å². The smallest absolute Gasteiger partial charge is 0.227 e. The lowest BCUT2D eigenvalue weighted by molar-refractivity contribution is 0.376. The summed E-state index contributed by atoms with van der Waals surface area (Å²) in [5.74, 6) is 1.95. The van der Waals surface area contributed by atoms with Crippen molar-refractivity contribution in [2.24, 2.45) is 0 Å². The quantitative estimate of drug-likeness (QED) is 0.705. The number of fused-ring (bicyclic) bond motifs is 1. The van der Waals surface area contributed by atoms with Gasteiger partial charge in [-0.1, -0.05) is 30.3 Å². The molecule has 0 unspecified atom stereocenters. The van der Waals surface area contributed by atoms with Gasteiger partial charge in [0, 0.05) is 11.6 Å². The Labute approximate surface area is 117 Å². The zero-order valence-electron chi connectivity index (χ0n) is 11.5. The molecular formula is C17H15NO2. The van der Waals surface area contributed by atoms with E-state index in [-0.39, 0.29) is 0 Å². The first-order valence-electron chi connectivity index (χ1n) is 6.45.